The van der Waals surface area contributed by atoms with E-state index >= 15 is 0 Å². The number of carbonyl (C=O) groups is 2. The van der Waals surface area contributed by atoms with Crippen LogP contribution in [0.4, 0.5) is 4.79 Å². The number of hydrogen-bond acceptors (Lipinski definition) is 3. The minimum atomic E-state index is -1.12. The second-order valence-corrected chi connectivity index (χ2v) is 5.30. The second-order valence-electron chi connectivity index (χ2n) is 5.30. The highest BCUT2D eigenvalue weighted by atomic mass is 16.4. The summed E-state index contributed by atoms with van der Waals surface area (Å²) in [6.45, 7) is 2.36. The Morgan fingerprint density at radius 2 is 2.25 bits per heavy atom. The van der Waals surface area contributed by atoms with Crippen LogP contribution in [0.15, 0.2) is 12.4 Å². The van der Waals surface area contributed by atoms with E-state index in [-0.39, 0.29) is 12.6 Å². The van der Waals surface area contributed by atoms with Crippen molar-refractivity contribution < 1.29 is 14.7 Å². The number of likely N-dealkylation sites (tertiary alicyclic amines) is 1. The summed E-state index contributed by atoms with van der Waals surface area (Å²) < 4.78 is 1.81. The first-order valence-corrected chi connectivity index (χ1v) is 6.70. The van der Waals surface area contributed by atoms with Crippen LogP contribution in [0, 0.1) is 0 Å². The molecule has 0 saturated carbocycles. The van der Waals surface area contributed by atoms with Gasteiger partial charge in [-0.15, -0.1) is 0 Å². The largest absolute Gasteiger partial charge is 0.480 e. The maximum Gasteiger partial charge on any atom is 0.329 e. The van der Waals surface area contributed by atoms with E-state index in [0.29, 0.717) is 13.0 Å². The van der Waals surface area contributed by atoms with Crippen molar-refractivity contribution in [3.63, 3.8) is 0 Å². The minimum absolute atomic E-state index is 0.286. The first-order valence-electron chi connectivity index (χ1n) is 6.70. The molecule has 2 amide bonds. The van der Waals surface area contributed by atoms with Crippen LogP contribution >= 0.6 is 0 Å². The van der Waals surface area contributed by atoms with Crippen molar-refractivity contribution in [1.82, 2.24) is 19.8 Å². The van der Waals surface area contributed by atoms with E-state index in [1.165, 1.54) is 4.90 Å². The van der Waals surface area contributed by atoms with E-state index in [1.807, 2.05) is 11.6 Å². The third-order valence-electron chi connectivity index (χ3n) is 3.92. The third-order valence-corrected chi connectivity index (χ3v) is 3.92. The predicted octanol–water partition coefficient (Wildman–Crippen LogP) is 0.959. The van der Waals surface area contributed by atoms with Gasteiger partial charge in [0.05, 0.1) is 6.54 Å². The Morgan fingerprint density at radius 1 is 1.50 bits per heavy atom. The number of carboxylic acids is 1. The summed E-state index contributed by atoms with van der Waals surface area (Å²) in [4.78, 5) is 29.2. The van der Waals surface area contributed by atoms with E-state index < -0.39 is 11.5 Å². The van der Waals surface area contributed by atoms with Gasteiger partial charge in [0.2, 0.25) is 0 Å². The van der Waals surface area contributed by atoms with Crippen molar-refractivity contribution in [1.29, 1.82) is 0 Å². The number of nitrogens with zero attached hydrogens (tertiary/aromatic N) is 3. The van der Waals surface area contributed by atoms with Crippen LogP contribution in [0.2, 0.25) is 0 Å². The molecule has 0 bridgehead atoms. The van der Waals surface area contributed by atoms with Gasteiger partial charge in [0.25, 0.3) is 0 Å². The lowest BCUT2D eigenvalue weighted by Gasteiger charge is -2.41. The molecule has 1 aromatic rings. The number of piperidine rings is 1. The number of nitrogens with one attached hydrogen (secondary N) is 1. The number of carbonyl (C=O) groups excluding carboxylic acids is 1. The highest BCUT2D eigenvalue weighted by Gasteiger charge is 2.43. The summed E-state index contributed by atoms with van der Waals surface area (Å²) in [6.07, 6.45) is 5.59. The van der Waals surface area contributed by atoms with Gasteiger partial charge in [-0.25, -0.2) is 14.6 Å². The fourth-order valence-electron chi connectivity index (χ4n) is 2.49. The van der Waals surface area contributed by atoms with Gasteiger partial charge in [0.15, 0.2) is 0 Å². The molecule has 2 rings (SSSR count). The molecule has 1 saturated heterocycles. The molecule has 0 radical (unpaired) electrons. The van der Waals surface area contributed by atoms with Gasteiger partial charge in [-0.2, -0.15) is 0 Å². The number of aromatic nitrogens is 2. The molecule has 1 aliphatic rings. The van der Waals surface area contributed by atoms with Gasteiger partial charge in [0.1, 0.15) is 11.4 Å². The minimum Gasteiger partial charge on any atom is -0.480 e. The number of imidazole rings is 1. The predicted molar refractivity (Wildman–Crippen MR) is 72.0 cm³/mol. The zero-order chi connectivity index (χ0) is 14.8. The topological polar surface area (TPSA) is 87.5 Å². The summed E-state index contributed by atoms with van der Waals surface area (Å²) in [7, 11) is 1.84. The SMILES string of the molecule is Cn1ccnc1CNC(=O)N1CCCCC1(C)C(=O)O. The normalized spacial score (nSPS) is 22.6. The molecule has 7 heteroatoms. The van der Waals surface area contributed by atoms with Crippen LogP contribution in [0.3, 0.4) is 0 Å². The number of urea groups is 1. The van der Waals surface area contributed by atoms with Crippen LogP contribution in [-0.4, -0.2) is 43.6 Å². The molecule has 0 aromatic carbocycles. The van der Waals surface area contributed by atoms with Gasteiger partial charge >= 0.3 is 12.0 Å². The lowest BCUT2D eigenvalue weighted by atomic mass is 9.89. The molecule has 1 unspecified atom stereocenters. The summed E-state index contributed by atoms with van der Waals surface area (Å²) >= 11 is 0. The Morgan fingerprint density at radius 3 is 2.85 bits per heavy atom. The second kappa shape index (κ2) is 5.52. The lowest BCUT2D eigenvalue weighted by Crippen LogP contribution is -2.59. The van der Waals surface area contributed by atoms with Crippen molar-refractivity contribution in [2.75, 3.05) is 6.54 Å². The van der Waals surface area contributed by atoms with Gasteiger partial charge in [-0.3, -0.25) is 0 Å². The molecule has 20 heavy (non-hydrogen) atoms. The molecule has 7 nitrogen and oxygen atoms in total. The molecular weight excluding hydrogens is 260 g/mol. The molecule has 1 aliphatic heterocycles. The van der Waals surface area contributed by atoms with Crippen molar-refractivity contribution in [2.24, 2.45) is 7.05 Å². The van der Waals surface area contributed by atoms with Gasteiger partial charge in [-0.1, -0.05) is 0 Å². The Balaban J connectivity index is 2.03. The van der Waals surface area contributed by atoms with Gasteiger partial charge in [0, 0.05) is 26.0 Å². The van der Waals surface area contributed by atoms with E-state index in [2.05, 4.69) is 10.3 Å². The van der Waals surface area contributed by atoms with E-state index in [1.54, 1.807) is 19.3 Å². The standard InChI is InChI=1S/C13H20N4O3/c1-13(11(18)19)5-3-4-7-17(13)12(20)15-9-10-14-6-8-16(10)2/h6,8H,3-5,7,9H2,1-2H3,(H,15,20)(H,18,19). The molecule has 1 fully saturated rings. The molecule has 110 valence electrons. The summed E-state index contributed by atoms with van der Waals surface area (Å²) in [5.41, 5.74) is -1.12. The number of aliphatic carboxylic acids is 1. The fourth-order valence-corrected chi connectivity index (χ4v) is 2.49. The molecule has 1 atom stereocenters. The van der Waals surface area contributed by atoms with Crippen molar-refractivity contribution >= 4 is 12.0 Å². The Labute approximate surface area is 117 Å². The van der Waals surface area contributed by atoms with E-state index in [0.717, 1.165) is 18.7 Å². The van der Waals surface area contributed by atoms with E-state index in [4.69, 9.17) is 0 Å². The Kier molecular flexibility index (Phi) is 3.96. The molecule has 2 heterocycles. The number of rotatable bonds is 3. The number of hydrogen-bond donors (Lipinski definition) is 2. The molecule has 2 N–H and O–H groups in total. The monoisotopic (exact) mass is 280 g/mol. The van der Waals surface area contributed by atoms with Gasteiger partial charge in [-0.05, 0) is 26.2 Å². The van der Waals surface area contributed by atoms with E-state index in [9.17, 15) is 14.7 Å². The van der Waals surface area contributed by atoms with Crippen LogP contribution in [0.5, 0.6) is 0 Å². The number of aryl methyl sites for hydroxylation is 1. The van der Waals surface area contributed by atoms with Crippen LogP contribution < -0.4 is 5.32 Å². The molecular formula is C13H20N4O3. The zero-order valence-corrected chi connectivity index (χ0v) is 11.8. The summed E-state index contributed by atoms with van der Waals surface area (Å²) in [6, 6.07) is -0.349. The number of amides is 2. The highest BCUT2D eigenvalue weighted by Crippen LogP contribution is 2.28. The average Bonchev–Trinajstić information content (AvgIpc) is 2.82. The maximum absolute atomic E-state index is 12.2. The summed E-state index contributed by atoms with van der Waals surface area (Å²) in [5.74, 6) is -0.225. The quantitative estimate of drug-likeness (QED) is 0.863. The molecule has 0 aliphatic carbocycles. The van der Waals surface area contributed by atoms with Crippen molar-refractivity contribution in [2.45, 2.75) is 38.3 Å². The average molecular weight is 280 g/mol. The van der Waals surface area contributed by atoms with Crippen molar-refractivity contribution in [3.05, 3.63) is 18.2 Å². The highest BCUT2D eigenvalue weighted by molar-refractivity contribution is 5.86. The lowest BCUT2D eigenvalue weighted by molar-refractivity contribution is -0.150. The summed E-state index contributed by atoms with van der Waals surface area (Å²) in [5, 5.41) is 12.1. The smallest absolute Gasteiger partial charge is 0.329 e. The first-order chi connectivity index (χ1) is 9.45. The fraction of sp³-hybridized carbons (Fsp3) is 0.615. The zero-order valence-electron chi connectivity index (χ0n) is 11.8. The Bertz CT molecular complexity index is 513. The van der Waals surface area contributed by atoms with Crippen molar-refractivity contribution in [3.8, 4) is 0 Å². The van der Waals surface area contributed by atoms with Crippen LogP contribution in [-0.2, 0) is 18.4 Å². The van der Waals surface area contributed by atoms with Gasteiger partial charge < -0.3 is 19.9 Å². The molecule has 1 aromatic heterocycles. The molecule has 0 spiro atoms. The maximum atomic E-state index is 12.2. The third kappa shape index (κ3) is 2.61. The Hall–Kier alpha value is -2.05. The van der Waals surface area contributed by atoms with Crippen LogP contribution in [0.25, 0.3) is 0 Å². The van der Waals surface area contributed by atoms with Crippen LogP contribution in [0.1, 0.15) is 32.0 Å². The first kappa shape index (κ1) is 14.4. The number of carboxylic acid groups (broad SMARTS) is 1.